The van der Waals surface area contributed by atoms with Gasteiger partial charge in [0.05, 0.1) is 23.4 Å². The molecule has 94 valence electrons. The lowest BCUT2D eigenvalue weighted by molar-refractivity contribution is 0.571. The lowest BCUT2D eigenvalue weighted by Crippen LogP contribution is -2.36. The van der Waals surface area contributed by atoms with Gasteiger partial charge in [-0.3, -0.25) is 4.79 Å². The highest BCUT2D eigenvalue weighted by Crippen LogP contribution is 2.28. The van der Waals surface area contributed by atoms with Crippen LogP contribution in [0.2, 0.25) is 5.02 Å². The number of anilines is 1. The summed E-state index contributed by atoms with van der Waals surface area (Å²) < 4.78 is 22.9. The van der Waals surface area contributed by atoms with Crippen molar-refractivity contribution in [2.24, 2.45) is 0 Å². The van der Waals surface area contributed by atoms with Crippen molar-refractivity contribution in [2.45, 2.75) is 18.9 Å². The van der Waals surface area contributed by atoms with Crippen molar-refractivity contribution >= 4 is 27.3 Å². The first-order valence-electron chi connectivity index (χ1n) is 5.03. The Morgan fingerprint density at radius 3 is 2.88 bits per heavy atom. The second-order valence-corrected chi connectivity index (χ2v) is 6.98. The number of aromatic amines is 1. The van der Waals surface area contributed by atoms with Crippen LogP contribution in [0, 0.1) is 0 Å². The van der Waals surface area contributed by atoms with E-state index in [1.54, 1.807) is 6.92 Å². The van der Waals surface area contributed by atoms with Crippen LogP contribution in [0.5, 0.6) is 0 Å². The summed E-state index contributed by atoms with van der Waals surface area (Å²) in [6, 6.07) is 0. The number of sulfone groups is 1. The number of H-pyrrole nitrogens is 1. The van der Waals surface area contributed by atoms with Crippen LogP contribution in [0.3, 0.4) is 0 Å². The number of rotatable bonds is 2. The summed E-state index contributed by atoms with van der Waals surface area (Å²) >= 11 is 5.79. The van der Waals surface area contributed by atoms with Crippen LogP contribution in [-0.2, 0) is 9.84 Å². The van der Waals surface area contributed by atoms with Gasteiger partial charge in [-0.25, -0.2) is 13.4 Å². The van der Waals surface area contributed by atoms with Gasteiger partial charge in [0.1, 0.15) is 5.02 Å². The number of aromatic nitrogens is 2. The molecule has 1 atom stereocenters. The first-order valence-corrected chi connectivity index (χ1v) is 7.23. The maximum Gasteiger partial charge on any atom is 0.271 e. The monoisotopic (exact) mass is 277 g/mol. The zero-order chi connectivity index (χ0) is 12.7. The van der Waals surface area contributed by atoms with Crippen molar-refractivity contribution in [3.05, 3.63) is 21.7 Å². The van der Waals surface area contributed by atoms with Crippen LogP contribution in [0.1, 0.15) is 13.3 Å². The quantitative estimate of drug-likeness (QED) is 0.817. The minimum absolute atomic E-state index is 0.0187. The van der Waals surface area contributed by atoms with Crippen molar-refractivity contribution in [2.75, 3.05) is 16.8 Å². The highest BCUT2D eigenvalue weighted by molar-refractivity contribution is 7.91. The standard InChI is InChI=1S/C9H12ClN3O3S/c1-9(2-3-17(15,16)4-9)13-7-6(10)8(14)12-5-11-7/h5H,2-4H2,1H3,(H2,11,12,13,14). The molecule has 0 spiro atoms. The van der Waals surface area contributed by atoms with Crippen LogP contribution in [0.15, 0.2) is 11.1 Å². The topological polar surface area (TPSA) is 91.9 Å². The van der Waals surface area contributed by atoms with E-state index in [4.69, 9.17) is 11.6 Å². The Morgan fingerprint density at radius 2 is 2.29 bits per heavy atom. The summed E-state index contributed by atoms with van der Waals surface area (Å²) in [4.78, 5) is 17.5. The Kier molecular flexibility index (Phi) is 2.90. The maximum atomic E-state index is 11.4. The highest BCUT2D eigenvalue weighted by atomic mass is 35.5. The predicted octanol–water partition coefficient (Wildman–Crippen LogP) is 0.412. The second-order valence-electron chi connectivity index (χ2n) is 4.42. The third-order valence-electron chi connectivity index (χ3n) is 2.72. The minimum Gasteiger partial charge on any atom is -0.362 e. The summed E-state index contributed by atoms with van der Waals surface area (Å²) in [6.45, 7) is 1.77. The average Bonchev–Trinajstić information content (AvgIpc) is 2.49. The molecular weight excluding hydrogens is 266 g/mol. The van der Waals surface area contributed by atoms with Gasteiger partial charge >= 0.3 is 0 Å². The van der Waals surface area contributed by atoms with Gasteiger partial charge in [-0.15, -0.1) is 0 Å². The fourth-order valence-electron chi connectivity index (χ4n) is 1.87. The molecule has 1 aliphatic heterocycles. The lowest BCUT2D eigenvalue weighted by atomic mass is 10.0. The highest BCUT2D eigenvalue weighted by Gasteiger charge is 2.39. The Morgan fingerprint density at radius 1 is 1.59 bits per heavy atom. The number of nitrogens with one attached hydrogen (secondary N) is 2. The van der Waals surface area contributed by atoms with E-state index in [1.807, 2.05) is 0 Å². The van der Waals surface area contributed by atoms with Crippen LogP contribution in [0.25, 0.3) is 0 Å². The van der Waals surface area contributed by atoms with E-state index < -0.39 is 20.9 Å². The third kappa shape index (κ3) is 2.61. The van der Waals surface area contributed by atoms with Crippen molar-refractivity contribution in [3.63, 3.8) is 0 Å². The number of halogens is 1. The summed E-state index contributed by atoms with van der Waals surface area (Å²) in [5, 5.41) is 2.88. The van der Waals surface area contributed by atoms with E-state index in [2.05, 4.69) is 15.3 Å². The smallest absolute Gasteiger partial charge is 0.271 e. The molecule has 0 bridgehead atoms. The molecule has 2 heterocycles. The largest absolute Gasteiger partial charge is 0.362 e. The van der Waals surface area contributed by atoms with E-state index in [9.17, 15) is 13.2 Å². The fraction of sp³-hybridized carbons (Fsp3) is 0.556. The zero-order valence-corrected chi connectivity index (χ0v) is 10.7. The van der Waals surface area contributed by atoms with Crippen LogP contribution in [-0.4, -0.2) is 35.4 Å². The van der Waals surface area contributed by atoms with Crippen molar-refractivity contribution in [1.29, 1.82) is 0 Å². The molecule has 1 saturated heterocycles. The molecule has 0 saturated carbocycles. The Balaban J connectivity index is 2.28. The molecule has 0 aromatic carbocycles. The summed E-state index contributed by atoms with van der Waals surface area (Å²) in [6.07, 6.45) is 1.70. The van der Waals surface area contributed by atoms with Crippen LogP contribution < -0.4 is 10.9 Å². The van der Waals surface area contributed by atoms with Gasteiger partial charge in [-0.1, -0.05) is 11.6 Å². The average molecular weight is 278 g/mol. The predicted molar refractivity (Wildman–Crippen MR) is 65.2 cm³/mol. The Hall–Kier alpha value is -1.08. The fourth-order valence-corrected chi connectivity index (χ4v) is 4.11. The molecule has 17 heavy (non-hydrogen) atoms. The van der Waals surface area contributed by atoms with E-state index >= 15 is 0 Å². The first-order chi connectivity index (χ1) is 7.81. The van der Waals surface area contributed by atoms with Gasteiger partial charge in [-0.2, -0.15) is 0 Å². The molecule has 1 aromatic rings. The summed E-state index contributed by atoms with van der Waals surface area (Å²) in [5.74, 6) is 0.372. The molecule has 2 rings (SSSR count). The molecule has 8 heteroatoms. The minimum atomic E-state index is -3.02. The van der Waals surface area contributed by atoms with Gasteiger partial charge in [0.25, 0.3) is 5.56 Å². The van der Waals surface area contributed by atoms with Crippen molar-refractivity contribution in [3.8, 4) is 0 Å². The SMILES string of the molecule is CC1(Nc2nc[nH]c(=O)c2Cl)CCS(=O)(=O)C1. The molecule has 0 aliphatic carbocycles. The molecular formula is C9H12ClN3O3S. The van der Waals surface area contributed by atoms with Crippen LogP contribution in [0.4, 0.5) is 5.82 Å². The molecule has 6 nitrogen and oxygen atoms in total. The summed E-state index contributed by atoms with van der Waals surface area (Å²) in [5.41, 5.74) is -1.07. The molecule has 0 amide bonds. The summed E-state index contributed by atoms with van der Waals surface area (Å²) in [7, 11) is -3.02. The lowest BCUT2D eigenvalue weighted by Gasteiger charge is -2.24. The van der Waals surface area contributed by atoms with Crippen molar-refractivity contribution < 1.29 is 8.42 Å². The van der Waals surface area contributed by atoms with E-state index in [0.717, 1.165) is 0 Å². The normalized spacial score (nSPS) is 26.9. The van der Waals surface area contributed by atoms with Gasteiger partial charge < -0.3 is 10.3 Å². The second kappa shape index (κ2) is 3.99. The van der Waals surface area contributed by atoms with E-state index in [-0.39, 0.29) is 22.3 Å². The Labute approximate surface area is 103 Å². The molecule has 2 N–H and O–H groups in total. The van der Waals surface area contributed by atoms with Gasteiger partial charge in [-0.05, 0) is 13.3 Å². The van der Waals surface area contributed by atoms with E-state index in [0.29, 0.717) is 6.42 Å². The van der Waals surface area contributed by atoms with Gasteiger partial charge in [0.15, 0.2) is 15.7 Å². The molecule has 0 radical (unpaired) electrons. The van der Waals surface area contributed by atoms with Gasteiger partial charge in [0, 0.05) is 0 Å². The molecule has 1 aliphatic rings. The molecule has 1 fully saturated rings. The van der Waals surface area contributed by atoms with E-state index in [1.165, 1.54) is 6.33 Å². The molecule has 1 aromatic heterocycles. The maximum absolute atomic E-state index is 11.4. The Bertz CT molecular complexity index is 598. The number of hydrogen-bond acceptors (Lipinski definition) is 5. The first kappa shape index (κ1) is 12.4. The number of hydrogen-bond donors (Lipinski definition) is 2. The zero-order valence-electron chi connectivity index (χ0n) is 9.16. The van der Waals surface area contributed by atoms with Gasteiger partial charge in [0.2, 0.25) is 0 Å². The molecule has 1 unspecified atom stereocenters. The van der Waals surface area contributed by atoms with Crippen molar-refractivity contribution in [1.82, 2.24) is 9.97 Å². The number of nitrogens with zero attached hydrogens (tertiary/aromatic N) is 1. The van der Waals surface area contributed by atoms with Crippen LogP contribution >= 0.6 is 11.6 Å². The third-order valence-corrected chi connectivity index (χ3v) is 4.97.